The summed E-state index contributed by atoms with van der Waals surface area (Å²) in [5.41, 5.74) is 6.90. The fraction of sp³-hybridized carbons (Fsp3) is 0.480. The molecule has 2 aromatic heterocycles. The molecule has 12 heteroatoms. The topological polar surface area (TPSA) is 87.9 Å². The predicted molar refractivity (Wildman–Crippen MR) is 142 cm³/mol. The van der Waals surface area contributed by atoms with Gasteiger partial charge in [0.05, 0.1) is 15.4 Å². The van der Waals surface area contributed by atoms with Crippen molar-refractivity contribution in [2.24, 2.45) is 4.99 Å². The zero-order valence-corrected chi connectivity index (χ0v) is 21.8. The van der Waals surface area contributed by atoms with Crippen molar-refractivity contribution in [3.8, 4) is 0 Å². The second kappa shape index (κ2) is 9.86. The monoisotopic (exact) mass is 526 g/mol. The molecular formula is C25H31FN8O2S. The lowest BCUT2D eigenvalue weighted by Crippen LogP contribution is -2.59. The normalized spacial score (nSPS) is 24.1. The quantitative estimate of drug-likeness (QED) is 0.462. The highest BCUT2D eigenvalue weighted by Gasteiger charge is 2.29. The molecule has 2 saturated heterocycles. The Kier molecular flexibility index (Phi) is 6.55. The maximum Gasteiger partial charge on any atom is 0.272 e. The summed E-state index contributed by atoms with van der Waals surface area (Å²) in [4.78, 5) is 36.9. The smallest absolute Gasteiger partial charge is 0.272 e. The lowest BCUT2D eigenvalue weighted by atomic mass is 10.1. The van der Waals surface area contributed by atoms with E-state index >= 15 is 4.39 Å². The molecule has 5 heterocycles. The third kappa shape index (κ3) is 4.58. The molecule has 10 nitrogen and oxygen atoms in total. The number of nitrogens with one attached hydrogen (secondary N) is 2. The Morgan fingerprint density at radius 2 is 1.65 bits per heavy atom. The van der Waals surface area contributed by atoms with E-state index in [9.17, 15) is 9.59 Å². The summed E-state index contributed by atoms with van der Waals surface area (Å²) in [6.07, 6.45) is -1.03. The number of piperazine rings is 2. The molecule has 1 aromatic carbocycles. The average molecular weight is 527 g/mol. The molecule has 2 atom stereocenters. The summed E-state index contributed by atoms with van der Waals surface area (Å²) >= 11 is 1.38. The van der Waals surface area contributed by atoms with Crippen LogP contribution in [0.3, 0.4) is 0 Å². The molecule has 2 N–H and O–H groups in total. The standard InChI is InChI=1S/C25H31FN8O2S/c1-30-7-11-32(12-8-30)28-22-17(26)15-16-21(35)20(24(36)29-33-13-9-31(2)10-14-33)25-34(23(16)27-22)18-5-3-4-6-19(18)37-25/h3-6,15,17,22,28H,7-14H2,1-2H3,(H,29,36). The zero-order chi connectivity index (χ0) is 25.7. The van der Waals surface area contributed by atoms with Gasteiger partial charge in [0, 0.05) is 52.4 Å². The number of fused-ring (bicyclic) bond motifs is 5. The Morgan fingerprint density at radius 1 is 1.00 bits per heavy atom. The SMILES string of the molecule is CN1CCN(NC(=O)c2c(=O)c3c(n4c2sc2ccccc24)=NC(NN2CCN(C)CC2)C(F)C=3)CC1. The van der Waals surface area contributed by atoms with E-state index in [1.165, 1.54) is 17.4 Å². The molecule has 0 radical (unpaired) electrons. The molecule has 6 rings (SSSR count). The molecule has 3 aliphatic rings. The van der Waals surface area contributed by atoms with Crippen molar-refractivity contribution in [3.05, 3.63) is 50.8 Å². The van der Waals surface area contributed by atoms with Crippen LogP contribution in [0.4, 0.5) is 4.39 Å². The van der Waals surface area contributed by atoms with Gasteiger partial charge in [-0.25, -0.2) is 24.8 Å². The van der Waals surface area contributed by atoms with Gasteiger partial charge >= 0.3 is 0 Å². The highest BCUT2D eigenvalue weighted by molar-refractivity contribution is 7.24. The molecule has 0 bridgehead atoms. The van der Waals surface area contributed by atoms with Crippen molar-refractivity contribution in [1.82, 2.24) is 35.1 Å². The molecule has 3 aliphatic heterocycles. The van der Waals surface area contributed by atoms with Gasteiger partial charge in [0.2, 0.25) is 5.43 Å². The molecule has 0 spiro atoms. The third-order valence-electron chi connectivity index (χ3n) is 7.35. The summed E-state index contributed by atoms with van der Waals surface area (Å²) in [7, 11) is 4.10. The van der Waals surface area contributed by atoms with Gasteiger partial charge in [-0.05, 0) is 32.3 Å². The summed E-state index contributed by atoms with van der Waals surface area (Å²) in [6, 6.07) is 7.72. The van der Waals surface area contributed by atoms with Crippen molar-refractivity contribution < 1.29 is 9.18 Å². The van der Waals surface area contributed by atoms with Crippen molar-refractivity contribution >= 4 is 38.4 Å². The van der Waals surface area contributed by atoms with Crippen LogP contribution in [-0.4, -0.2) is 109 Å². The number of alkyl halides is 1. The highest BCUT2D eigenvalue weighted by atomic mass is 32.1. The summed E-state index contributed by atoms with van der Waals surface area (Å²) < 4.78 is 18.2. The van der Waals surface area contributed by atoms with Crippen molar-refractivity contribution in [2.45, 2.75) is 12.3 Å². The number of likely N-dealkylation sites (N-methyl/N-ethyl adjacent to an activating group) is 2. The molecule has 2 unspecified atom stereocenters. The fourth-order valence-electron chi connectivity index (χ4n) is 5.09. The van der Waals surface area contributed by atoms with Crippen LogP contribution < -0.4 is 27.0 Å². The second-order valence-electron chi connectivity index (χ2n) is 9.99. The Hall–Kier alpha value is -2.74. The van der Waals surface area contributed by atoms with Gasteiger partial charge in [-0.3, -0.25) is 19.4 Å². The largest absolute Gasteiger partial charge is 0.304 e. The number of hydrogen-bond donors (Lipinski definition) is 2. The predicted octanol–water partition coefficient (Wildman–Crippen LogP) is -0.764. The first kappa shape index (κ1) is 24.6. The van der Waals surface area contributed by atoms with E-state index in [1.54, 1.807) is 0 Å². The van der Waals surface area contributed by atoms with E-state index in [0.717, 1.165) is 49.5 Å². The molecule has 0 aliphatic carbocycles. The second-order valence-corrected chi connectivity index (χ2v) is 11.0. The number of aromatic nitrogens is 1. The molecule has 1 amide bonds. The van der Waals surface area contributed by atoms with E-state index in [1.807, 2.05) is 45.7 Å². The molecule has 2 fully saturated rings. The van der Waals surface area contributed by atoms with Crippen LogP contribution >= 0.6 is 11.3 Å². The van der Waals surface area contributed by atoms with Gasteiger partial charge in [0.25, 0.3) is 5.91 Å². The number of halogens is 1. The first-order chi connectivity index (χ1) is 17.9. The van der Waals surface area contributed by atoms with E-state index < -0.39 is 23.7 Å². The number of thiazole rings is 1. The number of nitrogens with zero attached hydrogens (tertiary/aromatic N) is 6. The van der Waals surface area contributed by atoms with Gasteiger partial charge in [0.1, 0.15) is 22.0 Å². The summed E-state index contributed by atoms with van der Waals surface area (Å²) in [6.45, 7) is 6.23. The Bertz CT molecular complexity index is 1520. The van der Waals surface area contributed by atoms with Crippen LogP contribution in [0, 0.1) is 0 Å². The van der Waals surface area contributed by atoms with E-state index in [4.69, 9.17) is 4.99 Å². The van der Waals surface area contributed by atoms with Crippen LogP contribution in [0.5, 0.6) is 0 Å². The Morgan fingerprint density at radius 3 is 2.35 bits per heavy atom. The summed E-state index contributed by atoms with van der Waals surface area (Å²) in [5, 5.41) is 3.96. The number of carbonyl (C=O) groups is 1. The number of benzene rings is 1. The molecule has 3 aromatic rings. The first-order valence-electron chi connectivity index (χ1n) is 12.6. The number of hydrazine groups is 2. The number of amides is 1. The van der Waals surface area contributed by atoms with Crippen LogP contribution in [0.2, 0.25) is 0 Å². The van der Waals surface area contributed by atoms with E-state index in [-0.39, 0.29) is 10.8 Å². The van der Waals surface area contributed by atoms with E-state index in [0.29, 0.717) is 23.4 Å². The van der Waals surface area contributed by atoms with Crippen LogP contribution in [0.25, 0.3) is 21.1 Å². The molecule has 37 heavy (non-hydrogen) atoms. The summed E-state index contributed by atoms with van der Waals surface area (Å²) in [5.74, 6) is -0.470. The maximum absolute atomic E-state index is 15.4. The van der Waals surface area contributed by atoms with Gasteiger partial charge in [0.15, 0.2) is 6.17 Å². The van der Waals surface area contributed by atoms with Crippen molar-refractivity contribution in [2.75, 3.05) is 66.5 Å². The molecule has 0 saturated carbocycles. The average Bonchev–Trinajstić information content (AvgIpc) is 3.27. The van der Waals surface area contributed by atoms with Gasteiger partial charge in [-0.2, -0.15) is 0 Å². The van der Waals surface area contributed by atoms with E-state index in [2.05, 4.69) is 27.7 Å². The fourth-order valence-corrected chi connectivity index (χ4v) is 6.27. The Balaban J connectivity index is 1.46. The molecular weight excluding hydrogens is 495 g/mol. The number of hydrogen-bond acceptors (Lipinski definition) is 9. The van der Waals surface area contributed by atoms with Gasteiger partial charge in [-0.1, -0.05) is 12.1 Å². The number of para-hydroxylation sites is 1. The van der Waals surface area contributed by atoms with Gasteiger partial charge in [-0.15, -0.1) is 11.3 Å². The van der Waals surface area contributed by atoms with Crippen molar-refractivity contribution in [3.63, 3.8) is 0 Å². The lowest BCUT2D eigenvalue weighted by Gasteiger charge is -2.35. The van der Waals surface area contributed by atoms with Crippen LogP contribution in [-0.2, 0) is 0 Å². The zero-order valence-electron chi connectivity index (χ0n) is 21.0. The highest BCUT2D eigenvalue weighted by Crippen LogP contribution is 2.26. The third-order valence-corrected chi connectivity index (χ3v) is 8.50. The minimum atomic E-state index is -1.50. The lowest BCUT2D eigenvalue weighted by molar-refractivity contribution is 0.0662. The number of pyridine rings is 1. The minimum absolute atomic E-state index is 0.0306. The van der Waals surface area contributed by atoms with Crippen LogP contribution in [0.1, 0.15) is 10.4 Å². The number of rotatable bonds is 4. The molecule has 196 valence electrons. The minimum Gasteiger partial charge on any atom is -0.304 e. The van der Waals surface area contributed by atoms with Crippen molar-refractivity contribution in [1.29, 1.82) is 0 Å². The Labute approximate surface area is 217 Å². The van der Waals surface area contributed by atoms with Gasteiger partial charge < -0.3 is 9.80 Å². The first-order valence-corrected chi connectivity index (χ1v) is 13.4. The van der Waals surface area contributed by atoms with Crippen LogP contribution in [0.15, 0.2) is 34.1 Å². The maximum atomic E-state index is 15.4. The number of carbonyl (C=O) groups excluding carboxylic acids is 1.